The van der Waals surface area contributed by atoms with E-state index >= 15 is 0 Å². The molecule has 0 amide bonds. The van der Waals surface area contributed by atoms with Gasteiger partial charge in [0.1, 0.15) is 5.76 Å². The molecular formula is C22H17N3O3. The minimum absolute atomic E-state index is 0.0196. The highest BCUT2D eigenvalue weighted by Crippen LogP contribution is 2.28. The number of rotatable bonds is 5. The highest BCUT2D eigenvalue weighted by Gasteiger charge is 2.15. The minimum Gasteiger partial charge on any atom is -0.453 e. The third-order valence-corrected chi connectivity index (χ3v) is 4.73. The number of nitrogens with one attached hydrogen (secondary N) is 1. The molecular weight excluding hydrogens is 354 g/mol. The zero-order valence-corrected chi connectivity index (χ0v) is 14.9. The normalized spacial score (nSPS) is 11.3. The van der Waals surface area contributed by atoms with Gasteiger partial charge in [0.05, 0.1) is 13.0 Å². The van der Waals surface area contributed by atoms with Crippen LogP contribution in [0.5, 0.6) is 0 Å². The summed E-state index contributed by atoms with van der Waals surface area (Å²) in [6, 6.07) is 19.4. The van der Waals surface area contributed by atoms with Gasteiger partial charge in [-0.15, -0.1) is 0 Å². The smallest absolute Gasteiger partial charge is 0.238 e. The van der Waals surface area contributed by atoms with Gasteiger partial charge in [0.2, 0.25) is 11.7 Å². The molecule has 6 nitrogen and oxygen atoms in total. The van der Waals surface area contributed by atoms with Gasteiger partial charge in [0.15, 0.2) is 5.76 Å². The van der Waals surface area contributed by atoms with E-state index in [1.165, 1.54) is 0 Å². The number of fused-ring (bicyclic) bond motifs is 1. The molecule has 0 aliphatic carbocycles. The molecule has 0 radical (unpaired) electrons. The van der Waals surface area contributed by atoms with Crippen LogP contribution in [0.4, 0.5) is 0 Å². The lowest BCUT2D eigenvalue weighted by molar-refractivity contribution is 0.282. The average molecular weight is 371 g/mol. The Labute approximate surface area is 160 Å². The average Bonchev–Trinajstić information content (AvgIpc) is 3.48. The van der Waals surface area contributed by atoms with Crippen molar-refractivity contribution in [3.05, 3.63) is 83.9 Å². The van der Waals surface area contributed by atoms with Gasteiger partial charge in [0, 0.05) is 22.7 Å². The Balaban J connectivity index is 1.38. The fourth-order valence-electron chi connectivity index (χ4n) is 3.26. The van der Waals surface area contributed by atoms with Crippen LogP contribution >= 0.6 is 0 Å². The molecule has 0 aliphatic rings. The molecule has 2 N–H and O–H groups in total. The summed E-state index contributed by atoms with van der Waals surface area (Å²) in [6.07, 6.45) is 2.52. The lowest BCUT2D eigenvalue weighted by atomic mass is 10.1. The number of nitrogens with zero attached hydrogens (tertiary/aromatic N) is 2. The molecule has 3 aromatic heterocycles. The Morgan fingerprint density at radius 2 is 1.75 bits per heavy atom. The number of aromatic nitrogens is 3. The molecule has 0 aliphatic heterocycles. The first-order valence-corrected chi connectivity index (χ1v) is 8.98. The third-order valence-electron chi connectivity index (χ3n) is 4.73. The highest BCUT2D eigenvalue weighted by molar-refractivity contribution is 5.83. The Hall–Kier alpha value is -3.64. The second kappa shape index (κ2) is 6.83. The summed E-state index contributed by atoms with van der Waals surface area (Å²) in [6.45, 7) is 0.0196. The quantitative estimate of drug-likeness (QED) is 0.473. The van der Waals surface area contributed by atoms with Crippen LogP contribution in [-0.4, -0.2) is 20.2 Å². The monoisotopic (exact) mass is 371 g/mol. The zero-order chi connectivity index (χ0) is 18.9. The van der Waals surface area contributed by atoms with Crippen LogP contribution in [0.3, 0.4) is 0 Å². The molecule has 0 bridgehead atoms. The van der Waals surface area contributed by atoms with E-state index in [0.717, 1.165) is 27.6 Å². The van der Waals surface area contributed by atoms with Crippen molar-refractivity contribution in [3.63, 3.8) is 0 Å². The molecule has 0 atom stereocenters. The van der Waals surface area contributed by atoms with E-state index in [9.17, 15) is 0 Å². The van der Waals surface area contributed by atoms with Crippen molar-refractivity contribution in [3.8, 4) is 22.9 Å². The van der Waals surface area contributed by atoms with E-state index in [-0.39, 0.29) is 6.61 Å². The van der Waals surface area contributed by atoms with Crippen molar-refractivity contribution >= 4 is 10.9 Å². The first kappa shape index (κ1) is 16.5. The molecule has 5 rings (SSSR count). The number of H-pyrrole nitrogens is 1. The Bertz CT molecular complexity index is 1230. The Morgan fingerprint density at radius 1 is 0.929 bits per heavy atom. The largest absolute Gasteiger partial charge is 0.453 e. The SMILES string of the molecule is OCc1ccc(-c2ccc(-c3noc(Cc4c[nH]c5ccccc45)n3)o2)cc1. The number of aliphatic hydroxyl groups excluding tert-OH is 1. The van der Waals surface area contributed by atoms with Crippen LogP contribution < -0.4 is 0 Å². The molecule has 6 heteroatoms. The number of furan rings is 1. The van der Waals surface area contributed by atoms with E-state index in [2.05, 4.69) is 21.2 Å². The first-order chi connectivity index (χ1) is 13.8. The number of aliphatic hydroxyl groups is 1. The fraction of sp³-hybridized carbons (Fsp3) is 0.0909. The van der Waals surface area contributed by atoms with Crippen LogP contribution in [0.2, 0.25) is 0 Å². The lowest BCUT2D eigenvalue weighted by Crippen LogP contribution is -1.87. The summed E-state index contributed by atoms with van der Waals surface area (Å²) < 4.78 is 11.3. The summed E-state index contributed by atoms with van der Waals surface area (Å²) in [5.41, 5.74) is 3.97. The lowest BCUT2D eigenvalue weighted by Gasteiger charge is -1.98. The molecule has 28 heavy (non-hydrogen) atoms. The number of hydrogen-bond donors (Lipinski definition) is 2. The van der Waals surface area contributed by atoms with Gasteiger partial charge >= 0.3 is 0 Å². The number of benzene rings is 2. The molecule has 5 aromatic rings. The van der Waals surface area contributed by atoms with Gasteiger partial charge in [0.25, 0.3) is 0 Å². The van der Waals surface area contributed by atoms with Crippen LogP contribution in [0.25, 0.3) is 33.8 Å². The second-order valence-corrected chi connectivity index (χ2v) is 6.57. The van der Waals surface area contributed by atoms with E-state index in [0.29, 0.717) is 29.7 Å². The van der Waals surface area contributed by atoms with E-state index < -0.39 is 0 Å². The van der Waals surface area contributed by atoms with Crippen molar-refractivity contribution in [2.75, 3.05) is 0 Å². The summed E-state index contributed by atoms with van der Waals surface area (Å²) in [7, 11) is 0. The Morgan fingerprint density at radius 3 is 2.61 bits per heavy atom. The van der Waals surface area contributed by atoms with Crippen molar-refractivity contribution in [2.24, 2.45) is 0 Å². The standard InChI is InChI=1S/C22H17N3O3/c26-13-14-5-7-15(8-6-14)19-9-10-20(27-19)22-24-21(28-25-22)11-16-12-23-18-4-2-1-3-17(16)18/h1-10,12,23,26H,11,13H2. The van der Waals surface area contributed by atoms with E-state index in [4.69, 9.17) is 14.0 Å². The van der Waals surface area contributed by atoms with Gasteiger partial charge < -0.3 is 19.0 Å². The van der Waals surface area contributed by atoms with E-state index in [1.807, 2.05) is 60.8 Å². The molecule has 0 unspecified atom stereocenters. The topological polar surface area (TPSA) is 88.1 Å². The Kier molecular flexibility index (Phi) is 4.03. The van der Waals surface area contributed by atoms with Gasteiger partial charge in [-0.05, 0) is 29.3 Å². The molecule has 2 aromatic carbocycles. The highest BCUT2D eigenvalue weighted by atomic mass is 16.5. The maximum atomic E-state index is 9.15. The number of hydrogen-bond acceptors (Lipinski definition) is 5. The van der Waals surface area contributed by atoms with Crippen molar-refractivity contribution < 1.29 is 14.0 Å². The summed E-state index contributed by atoms with van der Waals surface area (Å²) in [5.74, 6) is 2.22. The predicted octanol–water partition coefficient (Wildman–Crippen LogP) is 4.56. The molecule has 3 heterocycles. The second-order valence-electron chi connectivity index (χ2n) is 6.57. The molecule has 138 valence electrons. The van der Waals surface area contributed by atoms with Gasteiger partial charge in [-0.2, -0.15) is 4.98 Å². The summed E-state index contributed by atoms with van der Waals surface area (Å²) >= 11 is 0. The zero-order valence-electron chi connectivity index (χ0n) is 14.9. The minimum atomic E-state index is 0.0196. The first-order valence-electron chi connectivity index (χ1n) is 8.98. The van der Waals surface area contributed by atoms with Gasteiger partial charge in [-0.1, -0.05) is 47.6 Å². The van der Waals surface area contributed by atoms with Crippen LogP contribution in [-0.2, 0) is 13.0 Å². The van der Waals surface area contributed by atoms with Crippen LogP contribution in [0, 0.1) is 0 Å². The molecule has 0 fully saturated rings. The summed E-state index contributed by atoms with van der Waals surface area (Å²) in [4.78, 5) is 7.73. The number of para-hydroxylation sites is 1. The maximum absolute atomic E-state index is 9.15. The van der Waals surface area contributed by atoms with Crippen LogP contribution in [0.1, 0.15) is 17.0 Å². The van der Waals surface area contributed by atoms with Crippen molar-refractivity contribution in [1.29, 1.82) is 0 Å². The van der Waals surface area contributed by atoms with Gasteiger partial charge in [-0.3, -0.25) is 0 Å². The maximum Gasteiger partial charge on any atom is 0.238 e. The van der Waals surface area contributed by atoms with Crippen LogP contribution in [0.15, 0.2) is 75.8 Å². The molecule has 0 spiro atoms. The molecule has 0 saturated heterocycles. The third kappa shape index (κ3) is 3.00. The number of aromatic amines is 1. The van der Waals surface area contributed by atoms with E-state index in [1.54, 1.807) is 0 Å². The van der Waals surface area contributed by atoms with Crippen molar-refractivity contribution in [2.45, 2.75) is 13.0 Å². The van der Waals surface area contributed by atoms with Crippen molar-refractivity contribution in [1.82, 2.24) is 15.1 Å². The van der Waals surface area contributed by atoms with Gasteiger partial charge in [-0.25, -0.2) is 0 Å². The predicted molar refractivity (Wildman–Crippen MR) is 104 cm³/mol. The fourth-order valence-corrected chi connectivity index (χ4v) is 3.26. The molecule has 0 saturated carbocycles. The summed E-state index contributed by atoms with van der Waals surface area (Å²) in [5, 5.41) is 14.4.